The molecule has 2 rings (SSSR count). The van der Waals surface area contributed by atoms with Crippen LogP contribution in [-0.2, 0) is 4.74 Å². The molecule has 14 heavy (non-hydrogen) atoms. The molecule has 0 radical (unpaired) electrons. The van der Waals surface area contributed by atoms with Gasteiger partial charge in [-0.25, -0.2) is 0 Å². The summed E-state index contributed by atoms with van der Waals surface area (Å²) in [5, 5.41) is 3.54. The highest BCUT2D eigenvalue weighted by Gasteiger charge is 2.27. The van der Waals surface area contributed by atoms with E-state index in [2.05, 4.69) is 10.3 Å². The van der Waals surface area contributed by atoms with Crippen LogP contribution in [0.2, 0.25) is 0 Å². The number of hydrogen-bond acceptors (Lipinski definition) is 3. The molecule has 1 N–H and O–H groups in total. The predicted molar refractivity (Wildman–Crippen MR) is 57.7 cm³/mol. The van der Waals surface area contributed by atoms with E-state index in [1.54, 1.807) is 0 Å². The average molecular weight is 196 g/mol. The Hall–Kier alpha value is -0.570. The van der Waals surface area contributed by atoms with Gasteiger partial charge in [-0.3, -0.25) is 4.99 Å². The van der Waals surface area contributed by atoms with E-state index in [1.807, 2.05) is 7.11 Å². The van der Waals surface area contributed by atoms with Crippen LogP contribution in [0.1, 0.15) is 38.5 Å². The van der Waals surface area contributed by atoms with Crippen LogP contribution in [0.15, 0.2) is 4.99 Å². The highest BCUT2D eigenvalue weighted by molar-refractivity contribution is 5.83. The SMILES string of the molecule is COC1CCCC1NC1=NCCCC1. The predicted octanol–water partition coefficient (Wildman–Crippen LogP) is 1.73. The van der Waals surface area contributed by atoms with Gasteiger partial charge in [0.1, 0.15) is 0 Å². The zero-order valence-corrected chi connectivity index (χ0v) is 8.96. The van der Waals surface area contributed by atoms with Crippen molar-refractivity contribution >= 4 is 5.84 Å². The first-order valence-corrected chi connectivity index (χ1v) is 5.73. The monoisotopic (exact) mass is 196 g/mol. The number of aliphatic imine (C=N–C) groups is 1. The molecule has 1 aliphatic heterocycles. The van der Waals surface area contributed by atoms with Gasteiger partial charge in [-0.2, -0.15) is 0 Å². The lowest BCUT2D eigenvalue weighted by atomic mass is 10.1. The zero-order valence-electron chi connectivity index (χ0n) is 8.96. The molecule has 0 spiro atoms. The molecule has 1 aliphatic carbocycles. The summed E-state index contributed by atoms with van der Waals surface area (Å²) in [5.41, 5.74) is 0. The Morgan fingerprint density at radius 2 is 2.21 bits per heavy atom. The van der Waals surface area contributed by atoms with Gasteiger partial charge in [0.15, 0.2) is 0 Å². The Morgan fingerprint density at radius 3 is 2.93 bits per heavy atom. The molecule has 0 bridgehead atoms. The van der Waals surface area contributed by atoms with E-state index >= 15 is 0 Å². The number of methoxy groups -OCH3 is 1. The fourth-order valence-electron chi connectivity index (χ4n) is 2.40. The van der Waals surface area contributed by atoms with E-state index in [4.69, 9.17) is 4.74 Å². The van der Waals surface area contributed by atoms with Gasteiger partial charge in [-0.15, -0.1) is 0 Å². The second-order valence-electron chi connectivity index (χ2n) is 4.24. The van der Waals surface area contributed by atoms with Crippen LogP contribution in [0.25, 0.3) is 0 Å². The van der Waals surface area contributed by atoms with Gasteiger partial charge in [0.25, 0.3) is 0 Å². The second kappa shape index (κ2) is 4.78. The topological polar surface area (TPSA) is 33.6 Å². The van der Waals surface area contributed by atoms with Crippen molar-refractivity contribution in [2.24, 2.45) is 4.99 Å². The zero-order chi connectivity index (χ0) is 9.80. The Bertz CT molecular complexity index is 215. The standard InChI is InChI=1S/C11H20N2O/c1-14-10-6-4-5-9(10)13-11-7-2-3-8-12-11/h9-10H,2-8H2,1H3,(H,12,13). The third kappa shape index (κ3) is 2.27. The summed E-state index contributed by atoms with van der Waals surface area (Å²) in [6, 6.07) is 0.511. The van der Waals surface area contributed by atoms with Crippen molar-refractivity contribution in [1.82, 2.24) is 5.32 Å². The van der Waals surface area contributed by atoms with Crippen LogP contribution < -0.4 is 5.32 Å². The summed E-state index contributed by atoms with van der Waals surface area (Å²) in [6.45, 7) is 1.01. The first-order valence-electron chi connectivity index (χ1n) is 5.73. The van der Waals surface area contributed by atoms with Crippen LogP contribution >= 0.6 is 0 Å². The minimum Gasteiger partial charge on any atom is -0.379 e. The van der Waals surface area contributed by atoms with Gasteiger partial charge in [-0.05, 0) is 32.1 Å². The number of ether oxygens (including phenoxy) is 1. The van der Waals surface area contributed by atoms with Crippen LogP contribution in [0.3, 0.4) is 0 Å². The van der Waals surface area contributed by atoms with Gasteiger partial charge in [-0.1, -0.05) is 0 Å². The Labute approximate surface area is 85.9 Å². The quantitative estimate of drug-likeness (QED) is 0.729. The number of amidine groups is 1. The minimum absolute atomic E-state index is 0.402. The summed E-state index contributed by atoms with van der Waals surface area (Å²) >= 11 is 0. The van der Waals surface area contributed by atoms with Crippen molar-refractivity contribution in [3.63, 3.8) is 0 Å². The molecule has 3 nitrogen and oxygen atoms in total. The van der Waals surface area contributed by atoms with Gasteiger partial charge < -0.3 is 10.1 Å². The van der Waals surface area contributed by atoms with Crippen molar-refractivity contribution in [2.75, 3.05) is 13.7 Å². The molecule has 3 heteroatoms. The molecule has 0 aromatic carbocycles. The van der Waals surface area contributed by atoms with E-state index in [0.29, 0.717) is 12.1 Å². The van der Waals surface area contributed by atoms with Crippen LogP contribution in [0, 0.1) is 0 Å². The molecule has 1 heterocycles. The highest BCUT2D eigenvalue weighted by atomic mass is 16.5. The number of hydrogen-bond donors (Lipinski definition) is 1. The maximum Gasteiger partial charge on any atom is 0.0966 e. The number of nitrogens with one attached hydrogen (secondary N) is 1. The second-order valence-corrected chi connectivity index (χ2v) is 4.24. The van der Waals surface area contributed by atoms with E-state index < -0.39 is 0 Å². The normalized spacial score (nSPS) is 32.8. The molecular formula is C11H20N2O. The molecule has 2 aliphatic rings. The molecule has 1 fully saturated rings. The summed E-state index contributed by atoms with van der Waals surface area (Å²) < 4.78 is 5.45. The van der Waals surface area contributed by atoms with Crippen molar-refractivity contribution in [3.8, 4) is 0 Å². The number of nitrogens with zero attached hydrogens (tertiary/aromatic N) is 1. The third-order valence-corrected chi connectivity index (χ3v) is 3.23. The first kappa shape index (κ1) is 9.97. The van der Waals surface area contributed by atoms with Gasteiger partial charge in [0.2, 0.25) is 0 Å². The molecule has 80 valence electrons. The summed E-state index contributed by atoms with van der Waals surface area (Å²) in [6.07, 6.45) is 7.79. The fourth-order valence-corrected chi connectivity index (χ4v) is 2.40. The molecule has 0 aromatic rings. The molecule has 0 amide bonds. The lowest BCUT2D eigenvalue weighted by molar-refractivity contribution is 0.0905. The summed E-state index contributed by atoms with van der Waals surface area (Å²) in [4.78, 5) is 4.51. The molecule has 0 aromatic heterocycles. The minimum atomic E-state index is 0.402. The van der Waals surface area contributed by atoms with Crippen LogP contribution in [0.4, 0.5) is 0 Å². The smallest absolute Gasteiger partial charge is 0.0966 e. The highest BCUT2D eigenvalue weighted by Crippen LogP contribution is 2.22. The van der Waals surface area contributed by atoms with Gasteiger partial charge in [0.05, 0.1) is 18.0 Å². The Morgan fingerprint density at radius 1 is 1.29 bits per heavy atom. The van der Waals surface area contributed by atoms with E-state index in [9.17, 15) is 0 Å². The third-order valence-electron chi connectivity index (χ3n) is 3.23. The fraction of sp³-hybridized carbons (Fsp3) is 0.909. The lowest BCUT2D eigenvalue weighted by Gasteiger charge is -2.23. The summed E-state index contributed by atoms with van der Waals surface area (Å²) in [5.74, 6) is 1.21. The van der Waals surface area contributed by atoms with Crippen LogP contribution in [0.5, 0.6) is 0 Å². The first-order chi connectivity index (χ1) is 6.90. The van der Waals surface area contributed by atoms with Crippen LogP contribution in [-0.4, -0.2) is 31.6 Å². The summed E-state index contributed by atoms with van der Waals surface area (Å²) in [7, 11) is 1.81. The number of rotatable bonds is 2. The maximum absolute atomic E-state index is 5.45. The van der Waals surface area contributed by atoms with E-state index in [-0.39, 0.29) is 0 Å². The largest absolute Gasteiger partial charge is 0.379 e. The molecule has 0 saturated heterocycles. The van der Waals surface area contributed by atoms with Crippen molar-refractivity contribution in [1.29, 1.82) is 0 Å². The molecule has 2 unspecified atom stereocenters. The maximum atomic E-state index is 5.45. The Balaban J connectivity index is 1.86. The Kier molecular flexibility index (Phi) is 3.40. The van der Waals surface area contributed by atoms with E-state index in [1.165, 1.54) is 37.9 Å². The van der Waals surface area contributed by atoms with Crippen molar-refractivity contribution in [3.05, 3.63) is 0 Å². The van der Waals surface area contributed by atoms with E-state index in [0.717, 1.165) is 13.0 Å². The molecule has 2 atom stereocenters. The van der Waals surface area contributed by atoms with Crippen molar-refractivity contribution in [2.45, 2.75) is 50.7 Å². The average Bonchev–Trinajstić information content (AvgIpc) is 2.67. The van der Waals surface area contributed by atoms with Crippen molar-refractivity contribution < 1.29 is 4.74 Å². The van der Waals surface area contributed by atoms with Gasteiger partial charge >= 0.3 is 0 Å². The molecule has 1 saturated carbocycles. The molecular weight excluding hydrogens is 176 g/mol. The van der Waals surface area contributed by atoms with Gasteiger partial charge in [0, 0.05) is 20.1 Å². The lowest BCUT2D eigenvalue weighted by Crippen LogP contribution is -2.41.